The fourth-order valence-electron chi connectivity index (χ4n) is 4.15. The zero-order valence-electron chi connectivity index (χ0n) is 19.9. The average molecular weight is 593 g/mol. The van der Waals surface area contributed by atoms with Crippen LogP contribution < -0.4 is 9.04 Å². The quantitative estimate of drug-likeness (QED) is 0.251. The van der Waals surface area contributed by atoms with Gasteiger partial charge in [0, 0.05) is 10.8 Å². The molecule has 1 N–H and O–H groups in total. The molecule has 1 amide bonds. The summed E-state index contributed by atoms with van der Waals surface area (Å²) in [5, 5.41) is 10.4. The standard InChI is InChI=1S/C28H20N2O6S.BrH/c1-36-20-15-13-19(14-16-20)30(37(34,35)21-8-6-7-18(17-21)28(32)33)27(31)26-22-9-2-4-11-24(22)29-25-12-5-3-10-23(25)26;/h2-17H,1H3,(H,32,33);1H. The summed E-state index contributed by atoms with van der Waals surface area (Å²) in [4.78, 5) is 30.2. The first-order valence-corrected chi connectivity index (χ1v) is 12.6. The minimum absolute atomic E-state index is 0. The lowest BCUT2D eigenvalue weighted by Crippen LogP contribution is -2.37. The topological polar surface area (TPSA) is 114 Å². The number of hydrogen-bond acceptors (Lipinski definition) is 6. The molecule has 8 nitrogen and oxygen atoms in total. The Bertz CT molecular complexity index is 1740. The second-order valence-electron chi connectivity index (χ2n) is 8.13. The molecule has 0 aliphatic rings. The lowest BCUT2D eigenvalue weighted by Gasteiger charge is -2.24. The van der Waals surface area contributed by atoms with Crippen molar-refractivity contribution in [2.45, 2.75) is 4.90 Å². The number of rotatable bonds is 6. The van der Waals surface area contributed by atoms with Crippen molar-refractivity contribution in [3.05, 3.63) is 108 Å². The third-order valence-corrected chi connectivity index (χ3v) is 7.62. The van der Waals surface area contributed by atoms with E-state index in [0.717, 1.165) is 6.07 Å². The number of ether oxygens (including phenoxy) is 1. The number of aromatic carboxylic acids is 1. The Morgan fingerprint density at radius 1 is 0.816 bits per heavy atom. The van der Waals surface area contributed by atoms with E-state index in [1.165, 1.54) is 37.4 Å². The number of benzene rings is 4. The van der Waals surface area contributed by atoms with Gasteiger partial charge in [-0.2, -0.15) is 4.31 Å². The summed E-state index contributed by atoms with van der Waals surface area (Å²) in [6.45, 7) is 0. The Balaban J connectivity index is 0.00000336. The van der Waals surface area contributed by atoms with E-state index in [0.29, 0.717) is 31.9 Å². The number of nitrogens with zero attached hydrogens (tertiary/aromatic N) is 2. The molecule has 0 aliphatic heterocycles. The van der Waals surface area contributed by atoms with E-state index in [1.54, 1.807) is 60.7 Å². The Morgan fingerprint density at radius 3 is 1.95 bits per heavy atom. The van der Waals surface area contributed by atoms with Crippen molar-refractivity contribution >= 4 is 66.4 Å². The van der Waals surface area contributed by atoms with Gasteiger partial charge < -0.3 is 9.84 Å². The van der Waals surface area contributed by atoms with E-state index < -0.39 is 21.9 Å². The van der Waals surface area contributed by atoms with E-state index >= 15 is 0 Å². The number of carboxylic acids is 1. The molecule has 38 heavy (non-hydrogen) atoms. The van der Waals surface area contributed by atoms with E-state index in [-0.39, 0.29) is 38.7 Å². The number of para-hydroxylation sites is 2. The first kappa shape index (κ1) is 26.8. The predicted molar refractivity (Wildman–Crippen MR) is 150 cm³/mol. The minimum atomic E-state index is -4.56. The van der Waals surface area contributed by atoms with Gasteiger partial charge in [-0.05, 0) is 54.6 Å². The maximum absolute atomic E-state index is 14.3. The van der Waals surface area contributed by atoms with Crippen LogP contribution in [0.3, 0.4) is 0 Å². The van der Waals surface area contributed by atoms with Crippen LogP contribution >= 0.6 is 17.0 Å². The maximum atomic E-state index is 14.3. The highest BCUT2D eigenvalue weighted by molar-refractivity contribution is 8.93. The number of carbonyl (C=O) groups excluding carboxylic acids is 1. The SMILES string of the molecule is Br.COc1ccc(N(C(=O)c2c3ccccc3nc3ccccc23)S(=O)(=O)c2cccc(C(=O)O)c2)cc1. The first-order chi connectivity index (χ1) is 17.8. The Labute approximate surface area is 228 Å². The molecule has 0 unspecified atom stereocenters. The summed E-state index contributed by atoms with van der Waals surface area (Å²) in [5.41, 5.74) is 1.07. The van der Waals surface area contributed by atoms with Crippen molar-refractivity contribution in [1.82, 2.24) is 4.98 Å². The van der Waals surface area contributed by atoms with E-state index in [4.69, 9.17) is 4.74 Å². The van der Waals surface area contributed by atoms with Crippen LogP contribution in [0.2, 0.25) is 0 Å². The third-order valence-electron chi connectivity index (χ3n) is 5.91. The summed E-state index contributed by atoms with van der Waals surface area (Å²) in [6.07, 6.45) is 0. The molecule has 0 radical (unpaired) electrons. The molecule has 0 spiro atoms. The van der Waals surface area contributed by atoms with Gasteiger partial charge in [-0.3, -0.25) is 4.79 Å². The third kappa shape index (κ3) is 4.71. The lowest BCUT2D eigenvalue weighted by atomic mass is 10.0. The van der Waals surface area contributed by atoms with Crippen molar-refractivity contribution in [3.8, 4) is 5.75 Å². The number of methoxy groups -OCH3 is 1. The van der Waals surface area contributed by atoms with Crippen molar-refractivity contribution in [3.63, 3.8) is 0 Å². The predicted octanol–water partition coefficient (Wildman–Crippen LogP) is 5.71. The summed E-state index contributed by atoms with van der Waals surface area (Å²) >= 11 is 0. The Morgan fingerprint density at radius 2 is 1.39 bits per heavy atom. The van der Waals surface area contributed by atoms with Gasteiger partial charge in [0.25, 0.3) is 15.9 Å². The molecule has 1 heterocycles. The highest BCUT2D eigenvalue weighted by atomic mass is 79.9. The van der Waals surface area contributed by atoms with Crippen molar-refractivity contribution in [1.29, 1.82) is 0 Å². The number of pyridine rings is 1. The molecule has 0 bridgehead atoms. The molecule has 5 rings (SSSR count). The van der Waals surface area contributed by atoms with Gasteiger partial charge in [-0.1, -0.05) is 42.5 Å². The lowest BCUT2D eigenvalue weighted by molar-refractivity contribution is 0.0696. The Kier molecular flexibility index (Phi) is 7.47. The van der Waals surface area contributed by atoms with Gasteiger partial charge in [0.2, 0.25) is 0 Å². The molecule has 10 heteroatoms. The number of carbonyl (C=O) groups is 2. The van der Waals surface area contributed by atoms with Crippen LogP contribution in [0.15, 0.2) is 102 Å². The highest BCUT2D eigenvalue weighted by Gasteiger charge is 2.34. The number of carboxylic acid groups (broad SMARTS) is 1. The smallest absolute Gasteiger partial charge is 0.335 e. The van der Waals surface area contributed by atoms with Crippen LogP contribution in [-0.2, 0) is 10.0 Å². The van der Waals surface area contributed by atoms with Crippen LogP contribution in [0.5, 0.6) is 5.75 Å². The fraction of sp³-hybridized carbons (Fsp3) is 0.0357. The van der Waals surface area contributed by atoms with Crippen molar-refractivity contribution in [2.75, 3.05) is 11.4 Å². The molecule has 0 fully saturated rings. The summed E-state index contributed by atoms with van der Waals surface area (Å²) in [5.74, 6) is -1.62. The molecule has 1 aromatic heterocycles. The number of anilines is 1. The average Bonchev–Trinajstić information content (AvgIpc) is 2.92. The van der Waals surface area contributed by atoms with Crippen LogP contribution in [-0.4, -0.2) is 37.5 Å². The number of halogens is 1. The van der Waals surface area contributed by atoms with Crippen molar-refractivity contribution < 1.29 is 27.9 Å². The second-order valence-corrected chi connectivity index (χ2v) is 9.91. The normalized spacial score (nSPS) is 11.1. The summed E-state index contributed by atoms with van der Waals surface area (Å²) in [7, 11) is -3.08. The van der Waals surface area contributed by atoms with E-state index in [9.17, 15) is 23.1 Å². The molecule has 4 aromatic carbocycles. The van der Waals surface area contributed by atoms with Gasteiger partial charge in [0.05, 0.1) is 39.9 Å². The largest absolute Gasteiger partial charge is 0.497 e. The highest BCUT2D eigenvalue weighted by Crippen LogP contribution is 2.33. The molecule has 192 valence electrons. The van der Waals surface area contributed by atoms with Crippen LogP contribution in [0.25, 0.3) is 21.8 Å². The molecular weight excluding hydrogens is 572 g/mol. The minimum Gasteiger partial charge on any atom is -0.497 e. The number of aromatic nitrogens is 1. The van der Waals surface area contributed by atoms with Crippen LogP contribution in [0.1, 0.15) is 20.7 Å². The van der Waals surface area contributed by atoms with E-state index in [1.807, 2.05) is 0 Å². The van der Waals surface area contributed by atoms with Gasteiger partial charge in [0.1, 0.15) is 5.75 Å². The van der Waals surface area contributed by atoms with Crippen LogP contribution in [0.4, 0.5) is 5.69 Å². The number of fused-ring (bicyclic) bond motifs is 2. The van der Waals surface area contributed by atoms with Gasteiger partial charge in [-0.25, -0.2) is 18.2 Å². The number of amides is 1. The first-order valence-electron chi connectivity index (χ1n) is 11.2. The molecule has 0 aliphatic carbocycles. The van der Waals surface area contributed by atoms with Gasteiger partial charge in [-0.15, -0.1) is 17.0 Å². The molecular formula is C28H21BrN2O6S. The molecule has 0 saturated carbocycles. The van der Waals surface area contributed by atoms with Crippen LogP contribution in [0, 0.1) is 0 Å². The molecule has 5 aromatic rings. The van der Waals surface area contributed by atoms with Gasteiger partial charge in [0.15, 0.2) is 0 Å². The zero-order chi connectivity index (χ0) is 26.2. The monoisotopic (exact) mass is 592 g/mol. The molecule has 0 saturated heterocycles. The number of hydrogen-bond donors (Lipinski definition) is 1. The number of sulfonamides is 1. The fourth-order valence-corrected chi connectivity index (χ4v) is 5.60. The summed E-state index contributed by atoms with van der Waals surface area (Å²) < 4.78 is 33.9. The maximum Gasteiger partial charge on any atom is 0.335 e. The van der Waals surface area contributed by atoms with Crippen molar-refractivity contribution in [2.24, 2.45) is 0 Å². The second kappa shape index (κ2) is 10.6. The van der Waals surface area contributed by atoms with Gasteiger partial charge >= 0.3 is 5.97 Å². The van der Waals surface area contributed by atoms with E-state index in [2.05, 4.69) is 4.98 Å². The summed E-state index contributed by atoms with van der Waals surface area (Å²) in [6, 6.07) is 24.9. The Hall–Kier alpha value is -4.28. The zero-order valence-corrected chi connectivity index (χ0v) is 22.5. The molecule has 0 atom stereocenters.